The first-order valence-corrected chi connectivity index (χ1v) is 7.43. The van der Waals surface area contributed by atoms with Crippen molar-refractivity contribution in [2.45, 2.75) is 56.4 Å². The predicted molar refractivity (Wildman–Crippen MR) is 71.9 cm³/mol. The Hall–Kier alpha value is 0.230. The molecule has 1 heterocycles. The summed E-state index contributed by atoms with van der Waals surface area (Å²) < 4.78 is 0. The summed E-state index contributed by atoms with van der Waals surface area (Å²) in [5.74, 6) is 1.25. The van der Waals surface area contributed by atoms with Gasteiger partial charge in [0.2, 0.25) is 0 Å². The number of nitrogens with one attached hydrogen (secondary N) is 1. The molecule has 0 saturated carbocycles. The summed E-state index contributed by atoms with van der Waals surface area (Å²) in [7, 11) is 0. The monoisotopic (exact) mass is 246 g/mol. The SMILES string of the molecule is CCC(CCO)NC1(CN)CCCSC1C. The van der Waals surface area contributed by atoms with Crippen molar-refractivity contribution in [2.24, 2.45) is 5.73 Å². The second kappa shape index (κ2) is 6.84. The van der Waals surface area contributed by atoms with Crippen molar-refractivity contribution in [1.82, 2.24) is 5.32 Å². The number of aliphatic hydroxyl groups excluding tert-OH is 1. The summed E-state index contributed by atoms with van der Waals surface area (Å²) in [5, 5.41) is 13.3. The Kier molecular flexibility index (Phi) is 6.11. The van der Waals surface area contributed by atoms with E-state index in [4.69, 9.17) is 10.8 Å². The lowest BCUT2D eigenvalue weighted by atomic mass is 9.88. The quantitative estimate of drug-likeness (QED) is 0.662. The van der Waals surface area contributed by atoms with Crippen LogP contribution in [0.4, 0.5) is 0 Å². The fraction of sp³-hybridized carbons (Fsp3) is 1.00. The normalized spacial score (nSPS) is 32.6. The Morgan fingerprint density at radius 3 is 2.88 bits per heavy atom. The molecule has 1 fully saturated rings. The maximum atomic E-state index is 9.04. The zero-order valence-electron chi connectivity index (χ0n) is 10.5. The Balaban J connectivity index is 2.63. The summed E-state index contributed by atoms with van der Waals surface area (Å²) in [5.41, 5.74) is 6.07. The van der Waals surface area contributed by atoms with Crippen LogP contribution in [0.3, 0.4) is 0 Å². The third-order valence-electron chi connectivity index (χ3n) is 3.74. The average Bonchev–Trinajstić information content (AvgIpc) is 2.31. The topological polar surface area (TPSA) is 58.3 Å². The average molecular weight is 246 g/mol. The number of hydrogen-bond donors (Lipinski definition) is 3. The molecule has 0 aromatic heterocycles. The molecule has 4 heteroatoms. The summed E-state index contributed by atoms with van der Waals surface area (Å²) in [6.07, 6.45) is 4.30. The van der Waals surface area contributed by atoms with Crippen molar-refractivity contribution in [3.8, 4) is 0 Å². The number of nitrogens with two attached hydrogens (primary N) is 1. The van der Waals surface area contributed by atoms with E-state index in [-0.39, 0.29) is 12.1 Å². The molecule has 0 spiro atoms. The minimum atomic E-state index is 0.0821. The minimum absolute atomic E-state index is 0.0821. The molecule has 3 unspecified atom stereocenters. The van der Waals surface area contributed by atoms with Gasteiger partial charge in [0, 0.05) is 30.0 Å². The van der Waals surface area contributed by atoms with Gasteiger partial charge < -0.3 is 16.2 Å². The molecule has 1 rings (SSSR count). The molecule has 1 aliphatic rings. The molecular formula is C12H26N2OS. The van der Waals surface area contributed by atoms with Crippen LogP contribution in [-0.2, 0) is 0 Å². The molecule has 0 amide bonds. The smallest absolute Gasteiger partial charge is 0.0445 e. The molecule has 3 nitrogen and oxygen atoms in total. The van der Waals surface area contributed by atoms with E-state index in [1.807, 2.05) is 11.8 Å². The second-order valence-electron chi connectivity index (χ2n) is 4.74. The van der Waals surface area contributed by atoms with Gasteiger partial charge in [-0.1, -0.05) is 13.8 Å². The first kappa shape index (κ1) is 14.3. The van der Waals surface area contributed by atoms with E-state index in [1.165, 1.54) is 18.6 Å². The van der Waals surface area contributed by atoms with Gasteiger partial charge >= 0.3 is 0 Å². The van der Waals surface area contributed by atoms with Crippen LogP contribution >= 0.6 is 11.8 Å². The van der Waals surface area contributed by atoms with Crippen LogP contribution in [0.25, 0.3) is 0 Å². The van der Waals surface area contributed by atoms with Crippen molar-refractivity contribution < 1.29 is 5.11 Å². The molecule has 16 heavy (non-hydrogen) atoms. The largest absolute Gasteiger partial charge is 0.396 e. The van der Waals surface area contributed by atoms with Gasteiger partial charge in [0.05, 0.1) is 0 Å². The second-order valence-corrected chi connectivity index (χ2v) is 6.19. The third kappa shape index (κ3) is 3.36. The lowest BCUT2D eigenvalue weighted by Gasteiger charge is -2.44. The molecule has 3 atom stereocenters. The van der Waals surface area contributed by atoms with E-state index >= 15 is 0 Å². The van der Waals surface area contributed by atoms with Gasteiger partial charge in [0.25, 0.3) is 0 Å². The number of aliphatic hydroxyl groups is 1. The van der Waals surface area contributed by atoms with Crippen LogP contribution in [-0.4, -0.2) is 40.8 Å². The zero-order valence-corrected chi connectivity index (χ0v) is 11.4. The highest BCUT2D eigenvalue weighted by Crippen LogP contribution is 2.34. The summed E-state index contributed by atoms with van der Waals surface area (Å²) in [4.78, 5) is 0. The minimum Gasteiger partial charge on any atom is -0.396 e. The summed E-state index contributed by atoms with van der Waals surface area (Å²) in [6, 6.07) is 0.398. The highest BCUT2D eigenvalue weighted by Gasteiger charge is 2.38. The molecule has 96 valence electrons. The highest BCUT2D eigenvalue weighted by atomic mass is 32.2. The number of rotatable bonds is 6. The van der Waals surface area contributed by atoms with Gasteiger partial charge in [-0.15, -0.1) is 0 Å². The van der Waals surface area contributed by atoms with Crippen molar-refractivity contribution in [3.63, 3.8) is 0 Å². The van der Waals surface area contributed by atoms with E-state index in [9.17, 15) is 0 Å². The molecule has 0 bridgehead atoms. The van der Waals surface area contributed by atoms with Crippen LogP contribution in [0.1, 0.15) is 39.5 Å². The van der Waals surface area contributed by atoms with Crippen molar-refractivity contribution in [1.29, 1.82) is 0 Å². The Bertz CT molecular complexity index is 203. The Morgan fingerprint density at radius 1 is 1.62 bits per heavy atom. The van der Waals surface area contributed by atoms with E-state index in [2.05, 4.69) is 19.2 Å². The molecule has 0 aromatic rings. The van der Waals surface area contributed by atoms with Gasteiger partial charge in [-0.05, 0) is 31.4 Å². The zero-order chi connectivity index (χ0) is 12.0. The van der Waals surface area contributed by atoms with Gasteiger partial charge in [0.1, 0.15) is 0 Å². The maximum absolute atomic E-state index is 9.04. The third-order valence-corrected chi connectivity index (χ3v) is 5.22. The van der Waals surface area contributed by atoms with Gasteiger partial charge in [0.15, 0.2) is 0 Å². The van der Waals surface area contributed by atoms with Crippen molar-refractivity contribution in [2.75, 3.05) is 18.9 Å². The molecule has 1 aliphatic heterocycles. The molecule has 1 saturated heterocycles. The lowest BCUT2D eigenvalue weighted by molar-refractivity contribution is 0.214. The van der Waals surface area contributed by atoms with Gasteiger partial charge in [-0.2, -0.15) is 11.8 Å². The first-order chi connectivity index (χ1) is 7.68. The predicted octanol–water partition coefficient (Wildman–Crippen LogP) is 1.35. The molecular weight excluding hydrogens is 220 g/mol. The lowest BCUT2D eigenvalue weighted by Crippen LogP contribution is -2.61. The standard InChI is InChI=1S/C12H26N2OS/c1-3-11(5-7-15)14-12(9-13)6-4-8-16-10(12)2/h10-11,14-15H,3-9,13H2,1-2H3. The van der Waals surface area contributed by atoms with Gasteiger partial charge in [-0.3, -0.25) is 0 Å². The molecule has 0 radical (unpaired) electrons. The van der Waals surface area contributed by atoms with Crippen molar-refractivity contribution in [3.05, 3.63) is 0 Å². The molecule has 0 aliphatic carbocycles. The number of hydrogen-bond acceptors (Lipinski definition) is 4. The Labute approximate surface area is 104 Å². The van der Waals surface area contributed by atoms with E-state index < -0.39 is 0 Å². The van der Waals surface area contributed by atoms with Crippen LogP contribution in [0.5, 0.6) is 0 Å². The fourth-order valence-corrected chi connectivity index (χ4v) is 3.73. The highest BCUT2D eigenvalue weighted by molar-refractivity contribution is 8.00. The number of thioether (sulfide) groups is 1. The van der Waals surface area contributed by atoms with Crippen molar-refractivity contribution >= 4 is 11.8 Å². The Morgan fingerprint density at radius 2 is 2.38 bits per heavy atom. The molecule has 4 N–H and O–H groups in total. The first-order valence-electron chi connectivity index (χ1n) is 6.38. The summed E-state index contributed by atoms with van der Waals surface area (Å²) >= 11 is 2.02. The van der Waals surface area contributed by atoms with Crippen LogP contribution < -0.4 is 11.1 Å². The van der Waals surface area contributed by atoms with Gasteiger partial charge in [-0.25, -0.2) is 0 Å². The van der Waals surface area contributed by atoms with E-state index in [0.29, 0.717) is 17.8 Å². The maximum Gasteiger partial charge on any atom is 0.0445 e. The van der Waals surface area contributed by atoms with Crippen LogP contribution in [0.2, 0.25) is 0 Å². The van der Waals surface area contributed by atoms with E-state index in [0.717, 1.165) is 12.8 Å². The van der Waals surface area contributed by atoms with E-state index in [1.54, 1.807) is 0 Å². The fourth-order valence-electron chi connectivity index (χ4n) is 2.47. The molecule has 0 aromatic carbocycles. The van der Waals surface area contributed by atoms with Crippen LogP contribution in [0, 0.1) is 0 Å². The van der Waals surface area contributed by atoms with Crippen LogP contribution in [0.15, 0.2) is 0 Å². The summed E-state index contributed by atoms with van der Waals surface area (Å²) in [6.45, 7) is 5.39.